The molecule has 1 amide bonds. The van der Waals surface area contributed by atoms with Gasteiger partial charge in [0.1, 0.15) is 6.73 Å². The minimum atomic E-state index is -0.824. The third-order valence-corrected chi connectivity index (χ3v) is 4.20. The summed E-state index contributed by atoms with van der Waals surface area (Å²) in [5.74, 6) is -1.90. The van der Waals surface area contributed by atoms with Gasteiger partial charge in [-0.3, -0.25) is 14.9 Å². The topological polar surface area (TPSA) is 120 Å². The Bertz CT molecular complexity index is 843. The Labute approximate surface area is 156 Å². The van der Waals surface area contributed by atoms with E-state index in [1.165, 1.54) is 32.4 Å². The number of dihydropyridines is 1. The van der Waals surface area contributed by atoms with Crippen LogP contribution in [0.3, 0.4) is 0 Å². The number of nitrogens with zero attached hydrogens (tertiary/aromatic N) is 1. The molecule has 9 heteroatoms. The monoisotopic (exact) mass is 375 g/mol. The second kappa shape index (κ2) is 8.45. The van der Waals surface area contributed by atoms with Crippen molar-refractivity contribution in [1.29, 1.82) is 0 Å². The van der Waals surface area contributed by atoms with E-state index in [1.807, 2.05) is 0 Å². The Morgan fingerprint density at radius 2 is 1.89 bits per heavy atom. The molecule has 0 fully saturated rings. The first-order valence-electron chi connectivity index (χ1n) is 8.10. The van der Waals surface area contributed by atoms with Crippen LogP contribution in [0.2, 0.25) is 0 Å². The Morgan fingerprint density at radius 1 is 1.22 bits per heavy atom. The Morgan fingerprint density at radius 3 is 2.48 bits per heavy atom. The van der Waals surface area contributed by atoms with E-state index < -0.39 is 22.7 Å². The number of amides is 1. The zero-order valence-electron chi connectivity index (χ0n) is 15.5. The fourth-order valence-electron chi connectivity index (χ4n) is 3.06. The van der Waals surface area contributed by atoms with Crippen LogP contribution in [0.5, 0.6) is 0 Å². The van der Waals surface area contributed by atoms with Crippen molar-refractivity contribution in [3.63, 3.8) is 0 Å². The van der Waals surface area contributed by atoms with E-state index in [9.17, 15) is 19.7 Å². The second-order valence-corrected chi connectivity index (χ2v) is 5.92. The molecule has 144 valence electrons. The van der Waals surface area contributed by atoms with Crippen LogP contribution in [0.15, 0.2) is 46.8 Å². The van der Waals surface area contributed by atoms with Gasteiger partial charge >= 0.3 is 5.97 Å². The summed E-state index contributed by atoms with van der Waals surface area (Å²) in [6.07, 6.45) is 0. The number of nitrogens with one attached hydrogen (secondary N) is 2. The van der Waals surface area contributed by atoms with Crippen molar-refractivity contribution in [2.45, 2.75) is 19.8 Å². The van der Waals surface area contributed by atoms with Gasteiger partial charge in [-0.2, -0.15) is 0 Å². The van der Waals surface area contributed by atoms with E-state index in [0.717, 1.165) is 0 Å². The zero-order valence-corrected chi connectivity index (χ0v) is 15.5. The summed E-state index contributed by atoms with van der Waals surface area (Å²) < 4.78 is 9.76. The van der Waals surface area contributed by atoms with Crippen molar-refractivity contribution in [3.05, 3.63) is 62.5 Å². The van der Waals surface area contributed by atoms with Gasteiger partial charge in [0.25, 0.3) is 11.6 Å². The van der Waals surface area contributed by atoms with Gasteiger partial charge in [-0.15, -0.1) is 0 Å². The molecular weight excluding hydrogens is 354 g/mol. The SMILES string of the molecule is COCNC(=O)C1=C(C)NC(C)=C(C(=O)OC)C1c1cccc([N+](=O)[O-])c1. The van der Waals surface area contributed by atoms with Crippen LogP contribution in [0.25, 0.3) is 0 Å². The number of carbonyl (C=O) groups excluding carboxylic acids is 2. The Balaban J connectivity index is 2.65. The van der Waals surface area contributed by atoms with E-state index in [4.69, 9.17) is 9.47 Å². The molecule has 0 bridgehead atoms. The molecule has 1 aliphatic heterocycles. The summed E-state index contributed by atoms with van der Waals surface area (Å²) in [6.45, 7) is 3.36. The van der Waals surface area contributed by atoms with Gasteiger partial charge in [0.05, 0.1) is 23.5 Å². The number of rotatable bonds is 6. The molecule has 0 saturated heterocycles. The van der Waals surface area contributed by atoms with Gasteiger partial charge < -0.3 is 20.1 Å². The third-order valence-electron chi connectivity index (χ3n) is 4.20. The number of ether oxygens (including phenoxy) is 2. The number of benzene rings is 1. The molecule has 0 aromatic heterocycles. The molecule has 2 N–H and O–H groups in total. The molecule has 1 aromatic carbocycles. The smallest absolute Gasteiger partial charge is 0.336 e. The van der Waals surface area contributed by atoms with E-state index in [2.05, 4.69) is 10.6 Å². The summed E-state index contributed by atoms with van der Waals surface area (Å²) in [5, 5.41) is 16.8. The first-order valence-corrected chi connectivity index (χ1v) is 8.10. The summed E-state index contributed by atoms with van der Waals surface area (Å²) >= 11 is 0. The largest absolute Gasteiger partial charge is 0.466 e. The number of carbonyl (C=O) groups is 2. The van der Waals surface area contributed by atoms with Crippen molar-refractivity contribution >= 4 is 17.6 Å². The van der Waals surface area contributed by atoms with Crippen molar-refractivity contribution in [2.75, 3.05) is 21.0 Å². The van der Waals surface area contributed by atoms with Gasteiger partial charge in [-0.25, -0.2) is 4.79 Å². The van der Waals surface area contributed by atoms with E-state index in [0.29, 0.717) is 17.0 Å². The minimum absolute atomic E-state index is 0.0203. The highest BCUT2D eigenvalue weighted by atomic mass is 16.6. The number of allylic oxidation sites excluding steroid dienone is 2. The summed E-state index contributed by atoms with van der Waals surface area (Å²) in [7, 11) is 2.67. The molecule has 2 rings (SSSR count). The molecule has 0 saturated carbocycles. The van der Waals surface area contributed by atoms with E-state index in [1.54, 1.807) is 19.9 Å². The first-order chi connectivity index (χ1) is 12.8. The highest BCUT2D eigenvalue weighted by Crippen LogP contribution is 2.39. The Kier molecular flexibility index (Phi) is 6.30. The number of hydrogen-bond acceptors (Lipinski definition) is 7. The number of hydrogen-bond donors (Lipinski definition) is 2. The van der Waals surface area contributed by atoms with Crippen LogP contribution in [-0.2, 0) is 19.1 Å². The number of esters is 1. The lowest BCUT2D eigenvalue weighted by molar-refractivity contribution is -0.384. The Hall–Kier alpha value is -3.20. The van der Waals surface area contributed by atoms with Crippen molar-refractivity contribution in [1.82, 2.24) is 10.6 Å². The maximum absolute atomic E-state index is 12.7. The quantitative estimate of drug-likeness (QED) is 0.336. The van der Waals surface area contributed by atoms with Crippen molar-refractivity contribution < 1.29 is 24.0 Å². The van der Waals surface area contributed by atoms with Crippen LogP contribution >= 0.6 is 0 Å². The van der Waals surface area contributed by atoms with E-state index >= 15 is 0 Å². The maximum atomic E-state index is 12.7. The molecule has 27 heavy (non-hydrogen) atoms. The highest BCUT2D eigenvalue weighted by Gasteiger charge is 2.37. The molecular formula is C18H21N3O6. The predicted molar refractivity (Wildman–Crippen MR) is 96.4 cm³/mol. The van der Waals surface area contributed by atoms with Crippen LogP contribution in [0, 0.1) is 10.1 Å². The summed E-state index contributed by atoms with van der Waals surface area (Å²) in [5.41, 5.74) is 1.82. The van der Waals surface area contributed by atoms with Gasteiger partial charge in [-0.05, 0) is 19.4 Å². The van der Waals surface area contributed by atoms with Crippen molar-refractivity contribution in [2.24, 2.45) is 0 Å². The fourth-order valence-corrected chi connectivity index (χ4v) is 3.06. The molecule has 1 heterocycles. The average Bonchev–Trinajstić information content (AvgIpc) is 2.64. The number of methoxy groups -OCH3 is 2. The van der Waals surface area contributed by atoms with Gasteiger partial charge in [0, 0.05) is 36.2 Å². The molecule has 1 aromatic rings. The predicted octanol–water partition coefficient (Wildman–Crippen LogP) is 1.72. The van der Waals surface area contributed by atoms with E-state index in [-0.39, 0.29) is 23.6 Å². The normalized spacial score (nSPS) is 16.7. The molecule has 1 atom stereocenters. The molecule has 9 nitrogen and oxygen atoms in total. The maximum Gasteiger partial charge on any atom is 0.336 e. The van der Waals surface area contributed by atoms with Gasteiger partial charge in [-0.1, -0.05) is 12.1 Å². The summed E-state index contributed by atoms with van der Waals surface area (Å²) in [4.78, 5) is 35.8. The average molecular weight is 375 g/mol. The zero-order chi connectivity index (χ0) is 20.1. The highest BCUT2D eigenvalue weighted by molar-refractivity contribution is 6.02. The van der Waals surface area contributed by atoms with Gasteiger partial charge in [0.2, 0.25) is 0 Å². The summed E-state index contributed by atoms with van der Waals surface area (Å²) in [6, 6.07) is 5.85. The standard InChI is InChI=1S/C18H21N3O6/c1-10-14(17(22)19-9-26-3)16(15(11(2)20-10)18(23)27-4)12-6-5-7-13(8-12)21(24)25/h5-8,16,20H,9H2,1-4H3,(H,19,22). The van der Waals surface area contributed by atoms with Gasteiger partial charge in [0.15, 0.2) is 0 Å². The van der Waals surface area contributed by atoms with Crippen molar-refractivity contribution in [3.8, 4) is 0 Å². The molecule has 0 aliphatic carbocycles. The van der Waals surface area contributed by atoms with Crippen LogP contribution < -0.4 is 10.6 Å². The first kappa shape index (κ1) is 20.1. The number of nitro benzene ring substituents is 1. The lowest BCUT2D eigenvalue weighted by Crippen LogP contribution is -2.37. The third kappa shape index (κ3) is 4.14. The fraction of sp³-hybridized carbons (Fsp3) is 0.333. The lowest BCUT2D eigenvalue weighted by Gasteiger charge is -2.30. The number of non-ortho nitro benzene ring substituents is 1. The second-order valence-electron chi connectivity index (χ2n) is 5.92. The van der Waals surface area contributed by atoms with Crippen LogP contribution in [0.4, 0.5) is 5.69 Å². The van der Waals surface area contributed by atoms with Crippen LogP contribution in [-0.4, -0.2) is 37.8 Å². The lowest BCUT2D eigenvalue weighted by atomic mass is 9.80. The van der Waals surface area contributed by atoms with Crippen LogP contribution in [0.1, 0.15) is 25.3 Å². The molecule has 1 aliphatic rings. The minimum Gasteiger partial charge on any atom is -0.466 e. The number of nitro groups is 1. The molecule has 1 unspecified atom stereocenters. The molecule has 0 spiro atoms. The molecule has 0 radical (unpaired) electrons.